The quantitative estimate of drug-likeness (QED) is 0.537. The van der Waals surface area contributed by atoms with Gasteiger partial charge in [0.05, 0.1) is 12.0 Å². The van der Waals surface area contributed by atoms with Crippen LogP contribution in [0, 0.1) is 0 Å². The van der Waals surface area contributed by atoms with Crippen LogP contribution in [0.15, 0.2) is 84.9 Å². The van der Waals surface area contributed by atoms with Gasteiger partial charge in [0.25, 0.3) is 0 Å². The minimum atomic E-state index is -0.453. The predicted octanol–water partition coefficient (Wildman–Crippen LogP) is 3.84. The summed E-state index contributed by atoms with van der Waals surface area (Å²) in [5, 5.41) is 3.63. The van der Waals surface area contributed by atoms with Crippen LogP contribution in [0.3, 0.4) is 0 Å². The monoisotopic (exact) mass is 482 g/mol. The molecule has 6 heteroatoms. The van der Waals surface area contributed by atoms with Crippen molar-refractivity contribution < 1.29 is 9.59 Å². The molecule has 186 valence electrons. The summed E-state index contributed by atoms with van der Waals surface area (Å²) >= 11 is 0. The number of nitrogens with two attached hydrogens (primary N) is 1. The first kappa shape index (κ1) is 24.1. The molecule has 2 heterocycles. The molecule has 2 aliphatic rings. The molecule has 5 rings (SSSR count). The van der Waals surface area contributed by atoms with Crippen molar-refractivity contribution in [2.45, 2.75) is 43.8 Å². The van der Waals surface area contributed by atoms with E-state index in [4.69, 9.17) is 5.73 Å². The maximum atomic E-state index is 13.9. The summed E-state index contributed by atoms with van der Waals surface area (Å²) in [5.74, 6) is 0.156. The third-order valence-corrected chi connectivity index (χ3v) is 7.72. The van der Waals surface area contributed by atoms with Crippen LogP contribution in [0.25, 0.3) is 0 Å². The fraction of sp³-hybridized carbons (Fsp3) is 0.333. The van der Waals surface area contributed by atoms with Crippen LogP contribution in [0.5, 0.6) is 0 Å². The Morgan fingerprint density at radius 2 is 1.50 bits per heavy atom. The lowest BCUT2D eigenvalue weighted by molar-refractivity contribution is -0.145. The fourth-order valence-electron chi connectivity index (χ4n) is 6.03. The molecule has 3 aromatic carbocycles. The molecule has 3 aromatic rings. The van der Waals surface area contributed by atoms with Crippen LogP contribution in [0.1, 0.15) is 35.1 Å². The van der Waals surface area contributed by atoms with Gasteiger partial charge in [-0.05, 0) is 41.5 Å². The molecule has 3 amide bonds. The molecule has 1 atom stereocenters. The number of carbonyl (C=O) groups excluding carboxylic acids is 2. The minimum Gasteiger partial charge on any atom is -0.351 e. The van der Waals surface area contributed by atoms with E-state index in [9.17, 15) is 9.59 Å². The van der Waals surface area contributed by atoms with Crippen molar-refractivity contribution in [3.05, 3.63) is 107 Å². The number of likely N-dealkylation sites (tertiary alicyclic amines) is 1. The Hall–Kier alpha value is -3.64. The molecule has 3 N–H and O–H groups in total. The van der Waals surface area contributed by atoms with Crippen molar-refractivity contribution in [3.8, 4) is 0 Å². The van der Waals surface area contributed by atoms with Crippen molar-refractivity contribution in [2.24, 2.45) is 5.73 Å². The Morgan fingerprint density at radius 1 is 0.889 bits per heavy atom. The second-order valence-corrected chi connectivity index (χ2v) is 9.91. The summed E-state index contributed by atoms with van der Waals surface area (Å²) in [4.78, 5) is 29.7. The maximum Gasteiger partial charge on any atom is 0.314 e. The fourth-order valence-corrected chi connectivity index (χ4v) is 6.03. The number of benzene rings is 3. The third kappa shape index (κ3) is 4.86. The molecule has 0 unspecified atom stereocenters. The lowest BCUT2D eigenvalue weighted by Crippen LogP contribution is -2.64. The summed E-state index contributed by atoms with van der Waals surface area (Å²) in [5.41, 5.74) is 9.91. The van der Waals surface area contributed by atoms with E-state index in [0.29, 0.717) is 38.9 Å². The Balaban J connectivity index is 1.49. The maximum absolute atomic E-state index is 13.9. The first-order chi connectivity index (χ1) is 17.6. The average molecular weight is 483 g/mol. The molecule has 1 spiro atoms. The number of hydrogen-bond donors (Lipinski definition) is 2. The number of amides is 3. The van der Waals surface area contributed by atoms with Crippen LogP contribution in [0.2, 0.25) is 0 Å². The van der Waals surface area contributed by atoms with Crippen molar-refractivity contribution in [1.82, 2.24) is 15.1 Å². The molecule has 6 nitrogen and oxygen atoms in total. The summed E-state index contributed by atoms with van der Waals surface area (Å²) in [7, 11) is 0. The van der Waals surface area contributed by atoms with Gasteiger partial charge in [0, 0.05) is 32.2 Å². The summed E-state index contributed by atoms with van der Waals surface area (Å²) in [6, 6.07) is 28.6. The van der Waals surface area contributed by atoms with E-state index in [1.165, 1.54) is 16.7 Å². The van der Waals surface area contributed by atoms with E-state index in [-0.39, 0.29) is 11.9 Å². The number of primary amides is 1. The Kier molecular flexibility index (Phi) is 7.05. The van der Waals surface area contributed by atoms with E-state index in [1.807, 2.05) is 30.3 Å². The Bertz CT molecular complexity index is 1190. The van der Waals surface area contributed by atoms with E-state index in [1.54, 1.807) is 4.90 Å². The van der Waals surface area contributed by atoms with Crippen molar-refractivity contribution >= 4 is 11.9 Å². The largest absolute Gasteiger partial charge is 0.351 e. The molecule has 0 aromatic heterocycles. The number of nitrogens with one attached hydrogen (secondary N) is 1. The van der Waals surface area contributed by atoms with Gasteiger partial charge in [-0.3, -0.25) is 4.79 Å². The van der Waals surface area contributed by atoms with Gasteiger partial charge in [0.2, 0.25) is 5.91 Å². The molecule has 0 saturated carbocycles. The summed E-state index contributed by atoms with van der Waals surface area (Å²) in [6.07, 6.45) is 2.53. The number of hydrogen-bond acceptors (Lipinski definition) is 3. The third-order valence-electron chi connectivity index (χ3n) is 7.72. The molecule has 1 fully saturated rings. The zero-order chi connectivity index (χ0) is 25.0. The normalized spacial score (nSPS) is 17.6. The Morgan fingerprint density at radius 3 is 2.17 bits per heavy atom. The molecular weight excluding hydrogens is 448 g/mol. The van der Waals surface area contributed by atoms with Gasteiger partial charge in [-0.25, -0.2) is 4.79 Å². The highest BCUT2D eigenvalue weighted by atomic mass is 16.2. The second kappa shape index (κ2) is 10.5. The van der Waals surface area contributed by atoms with E-state index >= 15 is 0 Å². The number of carbonyl (C=O) groups is 2. The number of piperidine rings is 1. The van der Waals surface area contributed by atoms with Crippen LogP contribution in [0.4, 0.5) is 4.79 Å². The number of urea groups is 1. The van der Waals surface area contributed by atoms with Gasteiger partial charge in [0.1, 0.15) is 0 Å². The van der Waals surface area contributed by atoms with E-state index < -0.39 is 11.6 Å². The SMILES string of the molecule is NC(=O)N1CCC2(CC1)c1ccccc1CC(=O)N2[C@H](CNCc1ccccc1)Cc1ccccc1. The number of nitrogens with zero attached hydrogens (tertiary/aromatic N) is 2. The van der Waals surface area contributed by atoms with Gasteiger partial charge in [-0.2, -0.15) is 0 Å². The van der Waals surface area contributed by atoms with Crippen LogP contribution in [-0.2, 0) is 29.7 Å². The predicted molar refractivity (Wildman–Crippen MR) is 141 cm³/mol. The van der Waals surface area contributed by atoms with Gasteiger partial charge in [0.15, 0.2) is 0 Å². The first-order valence-electron chi connectivity index (χ1n) is 12.8. The highest BCUT2D eigenvalue weighted by molar-refractivity contribution is 5.83. The van der Waals surface area contributed by atoms with Gasteiger partial charge >= 0.3 is 6.03 Å². The zero-order valence-corrected chi connectivity index (χ0v) is 20.6. The summed E-state index contributed by atoms with van der Waals surface area (Å²) in [6.45, 7) is 2.51. The van der Waals surface area contributed by atoms with Crippen molar-refractivity contribution in [2.75, 3.05) is 19.6 Å². The van der Waals surface area contributed by atoms with Crippen LogP contribution < -0.4 is 11.1 Å². The van der Waals surface area contributed by atoms with Crippen molar-refractivity contribution in [1.29, 1.82) is 0 Å². The van der Waals surface area contributed by atoms with Gasteiger partial charge in [-0.15, -0.1) is 0 Å². The topological polar surface area (TPSA) is 78.7 Å². The van der Waals surface area contributed by atoms with Crippen molar-refractivity contribution in [3.63, 3.8) is 0 Å². The number of rotatable bonds is 7. The van der Waals surface area contributed by atoms with E-state index in [2.05, 4.69) is 64.8 Å². The first-order valence-corrected chi connectivity index (χ1v) is 12.8. The minimum absolute atomic E-state index is 0.0305. The standard InChI is InChI=1S/C30H34N4O2/c31-29(36)33-17-15-30(16-18-33)27-14-8-7-13-25(27)20-28(35)34(30)26(19-23-9-3-1-4-10-23)22-32-21-24-11-5-2-6-12-24/h1-14,26,32H,15-22H2,(H2,31,36)/t26-/m0/s1. The average Bonchev–Trinajstić information content (AvgIpc) is 2.90. The number of fused-ring (bicyclic) bond motifs is 2. The highest BCUT2D eigenvalue weighted by Gasteiger charge is 2.50. The van der Waals surface area contributed by atoms with Crippen LogP contribution >= 0.6 is 0 Å². The second-order valence-electron chi connectivity index (χ2n) is 9.91. The summed E-state index contributed by atoms with van der Waals surface area (Å²) < 4.78 is 0. The molecular formula is C30H34N4O2. The molecule has 2 aliphatic heterocycles. The molecule has 0 radical (unpaired) electrons. The highest BCUT2D eigenvalue weighted by Crippen LogP contribution is 2.45. The zero-order valence-electron chi connectivity index (χ0n) is 20.6. The van der Waals surface area contributed by atoms with Crippen LogP contribution in [-0.4, -0.2) is 47.4 Å². The van der Waals surface area contributed by atoms with E-state index in [0.717, 1.165) is 18.5 Å². The smallest absolute Gasteiger partial charge is 0.314 e. The Labute approximate surface area is 213 Å². The molecule has 1 saturated heterocycles. The molecule has 0 bridgehead atoms. The lowest BCUT2D eigenvalue weighted by Gasteiger charge is -2.54. The van der Waals surface area contributed by atoms with Gasteiger partial charge in [-0.1, -0.05) is 84.9 Å². The molecule has 0 aliphatic carbocycles. The lowest BCUT2D eigenvalue weighted by atomic mass is 9.73. The van der Waals surface area contributed by atoms with Gasteiger partial charge < -0.3 is 20.9 Å². The molecule has 36 heavy (non-hydrogen) atoms.